The fraction of sp³-hybridized carbons (Fsp3) is 0.818. The first-order valence-electron chi connectivity index (χ1n) is 6.08. The van der Waals surface area contributed by atoms with Crippen LogP contribution < -0.4 is 5.32 Å². The SMILES string of the molecule is CS(=O)(=O)CCC(NC(=O)C1CCOCC1)C(=O)O. The molecule has 19 heavy (non-hydrogen) atoms. The van der Waals surface area contributed by atoms with Gasteiger partial charge >= 0.3 is 5.97 Å². The highest BCUT2D eigenvalue weighted by Crippen LogP contribution is 2.15. The Morgan fingerprint density at radius 1 is 1.37 bits per heavy atom. The normalized spacial score (nSPS) is 18.8. The van der Waals surface area contributed by atoms with E-state index in [1.807, 2.05) is 0 Å². The van der Waals surface area contributed by atoms with E-state index in [1.165, 1.54) is 0 Å². The number of nitrogens with one attached hydrogen (secondary N) is 1. The summed E-state index contributed by atoms with van der Waals surface area (Å²) in [7, 11) is -3.25. The fourth-order valence-electron chi connectivity index (χ4n) is 1.84. The van der Waals surface area contributed by atoms with E-state index in [0.29, 0.717) is 26.1 Å². The third kappa shape index (κ3) is 6.02. The number of carbonyl (C=O) groups excluding carboxylic acids is 1. The van der Waals surface area contributed by atoms with E-state index in [1.54, 1.807) is 0 Å². The van der Waals surface area contributed by atoms with Crippen LogP contribution in [0.2, 0.25) is 0 Å². The molecule has 0 spiro atoms. The molecule has 1 aliphatic heterocycles. The predicted octanol–water partition coefficient (Wildman–Crippen LogP) is -0.583. The van der Waals surface area contributed by atoms with Crippen molar-refractivity contribution >= 4 is 21.7 Å². The van der Waals surface area contributed by atoms with E-state index in [9.17, 15) is 18.0 Å². The van der Waals surface area contributed by atoms with Crippen LogP contribution in [0.5, 0.6) is 0 Å². The number of rotatable bonds is 6. The maximum Gasteiger partial charge on any atom is 0.326 e. The van der Waals surface area contributed by atoms with Gasteiger partial charge in [0.1, 0.15) is 15.9 Å². The molecule has 1 heterocycles. The Kier molecular flexibility index (Phi) is 5.74. The molecule has 0 radical (unpaired) electrons. The Morgan fingerprint density at radius 3 is 2.42 bits per heavy atom. The number of carboxylic acids is 1. The zero-order valence-electron chi connectivity index (χ0n) is 10.8. The van der Waals surface area contributed by atoms with Gasteiger partial charge in [0.15, 0.2) is 0 Å². The Morgan fingerprint density at radius 2 is 1.95 bits per heavy atom. The molecular formula is C11H19NO6S. The van der Waals surface area contributed by atoms with Crippen LogP contribution >= 0.6 is 0 Å². The van der Waals surface area contributed by atoms with Gasteiger partial charge in [0.05, 0.1) is 5.75 Å². The highest BCUT2D eigenvalue weighted by atomic mass is 32.2. The lowest BCUT2D eigenvalue weighted by Crippen LogP contribution is -2.45. The number of ether oxygens (including phenoxy) is 1. The smallest absolute Gasteiger partial charge is 0.326 e. The number of amides is 1. The summed E-state index contributed by atoms with van der Waals surface area (Å²) in [4.78, 5) is 22.9. The van der Waals surface area contributed by atoms with Crippen LogP contribution in [0.1, 0.15) is 19.3 Å². The summed E-state index contributed by atoms with van der Waals surface area (Å²) < 4.78 is 27.2. The Labute approximate surface area is 112 Å². The van der Waals surface area contributed by atoms with Gasteiger partial charge in [0, 0.05) is 25.4 Å². The number of aliphatic carboxylic acids is 1. The van der Waals surface area contributed by atoms with E-state index in [2.05, 4.69) is 5.32 Å². The van der Waals surface area contributed by atoms with E-state index < -0.39 is 21.8 Å². The second-order valence-electron chi connectivity index (χ2n) is 4.70. The van der Waals surface area contributed by atoms with Gasteiger partial charge in [-0.3, -0.25) is 4.79 Å². The zero-order chi connectivity index (χ0) is 14.5. The minimum absolute atomic E-state index is 0.122. The average molecular weight is 293 g/mol. The van der Waals surface area contributed by atoms with Crippen molar-refractivity contribution in [3.05, 3.63) is 0 Å². The fourth-order valence-corrected chi connectivity index (χ4v) is 2.50. The van der Waals surface area contributed by atoms with Gasteiger partial charge in [-0.25, -0.2) is 13.2 Å². The van der Waals surface area contributed by atoms with Gasteiger partial charge < -0.3 is 15.2 Å². The number of carboxylic acid groups (broad SMARTS) is 1. The maximum absolute atomic E-state index is 11.9. The van der Waals surface area contributed by atoms with Crippen molar-refractivity contribution in [3.8, 4) is 0 Å². The van der Waals surface area contributed by atoms with Crippen molar-refractivity contribution < 1.29 is 27.9 Å². The van der Waals surface area contributed by atoms with Gasteiger partial charge in [-0.05, 0) is 19.3 Å². The molecule has 1 atom stereocenters. The third-order valence-corrected chi connectivity index (χ3v) is 3.96. The minimum atomic E-state index is -3.25. The van der Waals surface area contributed by atoms with Gasteiger partial charge in [-0.1, -0.05) is 0 Å². The second-order valence-corrected chi connectivity index (χ2v) is 6.96. The van der Waals surface area contributed by atoms with Crippen molar-refractivity contribution in [2.24, 2.45) is 5.92 Å². The molecule has 1 fully saturated rings. The van der Waals surface area contributed by atoms with E-state index in [0.717, 1.165) is 6.26 Å². The van der Waals surface area contributed by atoms with Crippen LogP contribution in [0.3, 0.4) is 0 Å². The first-order valence-corrected chi connectivity index (χ1v) is 8.14. The average Bonchev–Trinajstić information content (AvgIpc) is 2.33. The lowest BCUT2D eigenvalue weighted by atomic mass is 9.99. The lowest BCUT2D eigenvalue weighted by Gasteiger charge is -2.23. The maximum atomic E-state index is 11.9. The number of hydrogen-bond acceptors (Lipinski definition) is 5. The monoisotopic (exact) mass is 293 g/mol. The number of hydrogen-bond donors (Lipinski definition) is 2. The van der Waals surface area contributed by atoms with Crippen LogP contribution in [0.15, 0.2) is 0 Å². The van der Waals surface area contributed by atoms with Crippen molar-refractivity contribution in [2.75, 3.05) is 25.2 Å². The van der Waals surface area contributed by atoms with Gasteiger partial charge in [-0.15, -0.1) is 0 Å². The molecule has 1 unspecified atom stereocenters. The van der Waals surface area contributed by atoms with Crippen molar-refractivity contribution in [1.82, 2.24) is 5.32 Å². The van der Waals surface area contributed by atoms with Crippen LogP contribution in [0, 0.1) is 5.92 Å². The molecule has 1 amide bonds. The van der Waals surface area contributed by atoms with Crippen molar-refractivity contribution in [3.63, 3.8) is 0 Å². The highest BCUT2D eigenvalue weighted by Gasteiger charge is 2.27. The van der Waals surface area contributed by atoms with E-state index in [-0.39, 0.29) is 24.0 Å². The molecule has 0 aromatic heterocycles. The quantitative estimate of drug-likeness (QED) is 0.678. The second kappa shape index (κ2) is 6.85. The Bertz CT molecular complexity index is 426. The van der Waals surface area contributed by atoms with Crippen LogP contribution in [-0.4, -0.2) is 56.7 Å². The van der Waals surface area contributed by atoms with Gasteiger partial charge in [-0.2, -0.15) is 0 Å². The molecule has 0 aliphatic carbocycles. The molecule has 1 aliphatic rings. The number of sulfone groups is 1. The van der Waals surface area contributed by atoms with Gasteiger partial charge in [0.2, 0.25) is 5.91 Å². The van der Waals surface area contributed by atoms with Crippen LogP contribution in [-0.2, 0) is 24.2 Å². The molecule has 8 heteroatoms. The van der Waals surface area contributed by atoms with Crippen molar-refractivity contribution in [2.45, 2.75) is 25.3 Å². The summed E-state index contributed by atoms with van der Waals surface area (Å²) in [5.41, 5.74) is 0. The minimum Gasteiger partial charge on any atom is -0.480 e. The van der Waals surface area contributed by atoms with Gasteiger partial charge in [0.25, 0.3) is 0 Å². The molecule has 7 nitrogen and oxygen atoms in total. The molecule has 0 aromatic rings. The lowest BCUT2D eigenvalue weighted by molar-refractivity contribution is -0.143. The highest BCUT2D eigenvalue weighted by molar-refractivity contribution is 7.90. The Hall–Kier alpha value is -1.15. The molecule has 110 valence electrons. The van der Waals surface area contributed by atoms with E-state index in [4.69, 9.17) is 9.84 Å². The predicted molar refractivity (Wildman–Crippen MR) is 67.4 cm³/mol. The summed E-state index contributed by atoms with van der Waals surface area (Å²) in [6.07, 6.45) is 2.03. The molecule has 0 bridgehead atoms. The summed E-state index contributed by atoms with van der Waals surface area (Å²) in [6.45, 7) is 0.971. The zero-order valence-corrected chi connectivity index (χ0v) is 11.6. The van der Waals surface area contributed by atoms with Crippen LogP contribution in [0.4, 0.5) is 0 Å². The Balaban J connectivity index is 2.52. The molecular weight excluding hydrogens is 274 g/mol. The number of carbonyl (C=O) groups is 2. The topological polar surface area (TPSA) is 110 Å². The largest absolute Gasteiger partial charge is 0.480 e. The summed E-state index contributed by atoms with van der Waals surface area (Å²) in [6, 6.07) is -1.16. The molecule has 0 aromatic carbocycles. The summed E-state index contributed by atoms with van der Waals surface area (Å²) >= 11 is 0. The van der Waals surface area contributed by atoms with Crippen molar-refractivity contribution in [1.29, 1.82) is 0 Å². The summed E-state index contributed by atoms with van der Waals surface area (Å²) in [5.74, 6) is -2.08. The molecule has 1 saturated heterocycles. The molecule has 0 saturated carbocycles. The third-order valence-electron chi connectivity index (χ3n) is 2.98. The van der Waals surface area contributed by atoms with Crippen LogP contribution in [0.25, 0.3) is 0 Å². The van der Waals surface area contributed by atoms with E-state index >= 15 is 0 Å². The molecule has 2 N–H and O–H groups in total. The first kappa shape index (κ1) is 15.9. The standard InChI is InChI=1S/C11H19NO6S/c1-19(16,17)7-4-9(11(14)15)12-10(13)8-2-5-18-6-3-8/h8-9H,2-7H2,1H3,(H,12,13)(H,14,15). The summed E-state index contributed by atoms with van der Waals surface area (Å²) in [5, 5.41) is 11.4. The molecule has 1 rings (SSSR count). The first-order chi connectivity index (χ1) is 8.79.